The molecule has 0 bridgehead atoms. The molecule has 1 saturated heterocycles. The zero-order valence-corrected chi connectivity index (χ0v) is 10.2. The number of nitrogens with one attached hydrogen (secondary N) is 1. The van der Waals surface area contributed by atoms with E-state index < -0.39 is 0 Å². The smallest absolute Gasteiger partial charge is 0.323 e. The van der Waals surface area contributed by atoms with Gasteiger partial charge in [0, 0.05) is 13.0 Å². The van der Waals surface area contributed by atoms with E-state index in [9.17, 15) is 4.79 Å². The van der Waals surface area contributed by atoms with Crippen LogP contribution in [-0.2, 0) is 27.2 Å². The van der Waals surface area contributed by atoms with Crippen molar-refractivity contribution in [2.75, 3.05) is 13.2 Å². The molecule has 3 rings (SSSR count). The van der Waals surface area contributed by atoms with E-state index in [2.05, 4.69) is 17.4 Å². The van der Waals surface area contributed by atoms with Crippen molar-refractivity contribution in [2.24, 2.45) is 0 Å². The van der Waals surface area contributed by atoms with E-state index >= 15 is 0 Å². The molecule has 18 heavy (non-hydrogen) atoms. The minimum Gasteiger partial charge on any atom is -0.459 e. The summed E-state index contributed by atoms with van der Waals surface area (Å²) in [6, 6.07) is 7.98. The molecule has 4 heteroatoms. The average Bonchev–Trinajstić information content (AvgIpc) is 2.91. The minimum atomic E-state index is -0.222. The molecule has 0 aromatic heterocycles. The van der Waals surface area contributed by atoms with Gasteiger partial charge >= 0.3 is 5.97 Å². The fourth-order valence-corrected chi connectivity index (χ4v) is 2.47. The van der Waals surface area contributed by atoms with Crippen molar-refractivity contribution in [3.8, 4) is 0 Å². The Kier molecular flexibility index (Phi) is 3.30. The highest BCUT2D eigenvalue weighted by atomic mass is 16.6. The number of carbonyl (C=O) groups is 1. The van der Waals surface area contributed by atoms with Gasteiger partial charge in [-0.25, -0.2) is 0 Å². The van der Waals surface area contributed by atoms with Crippen molar-refractivity contribution in [1.82, 2.24) is 5.32 Å². The van der Waals surface area contributed by atoms with E-state index in [1.165, 1.54) is 11.1 Å². The first-order valence-corrected chi connectivity index (χ1v) is 6.41. The van der Waals surface area contributed by atoms with Crippen LogP contribution >= 0.6 is 0 Å². The van der Waals surface area contributed by atoms with Crippen LogP contribution in [0.1, 0.15) is 17.5 Å². The van der Waals surface area contributed by atoms with Crippen LogP contribution in [0, 0.1) is 0 Å². The van der Waals surface area contributed by atoms with Crippen molar-refractivity contribution in [2.45, 2.75) is 31.5 Å². The number of rotatable bonds is 2. The normalized spacial score (nSPS) is 26.7. The molecule has 1 unspecified atom stereocenters. The Labute approximate surface area is 106 Å². The van der Waals surface area contributed by atoms with Gasteiger partial charge in [-0.15, -0.1) is 0 Å². The van der Waals surface area contributed by atoms with E-state index in [0.717, 1.165) is 13.0 Å². The summed E-state index contributed by atoms with van der Waals surface area (Å²) in [6.07, 6.45) is 1.47. The van der Waals surface area contributed by atoms with Crippen LogP contribution in [0.2, 0.25) is 0 Å². The number of ether oxygens (including phenoxy) is 2. The maximum atomic E-state index is 12.0. The molecule has 96 valence electrons. The number of benzene rings is 1. The van der Waals surface area contributed by atoms with Gasteiger partial charge in [-0.1, -0.05) is 24.3 Å². The third-order valence-electron chi connectivity index (χ3n) is 3.54. The number of hydrogen-bond acceptors (Lipinski definition) is 4. The molecule has 1 aromatic rings. The molecule has 0 aliphatic carbocycles. The van der Waals surface area contributed by atoms with Gasteiger partial charge in [-0.3, -0.25) is 4.79 Å². The van der Waals surface area contributed by atoms with Gasteiger partial charge in [0.05, 0.1) is 13.2 Å². The monoisotopic (exact) mass is 247 g/mol. The first-order valence-electron chi connectivity index (χ1n) is 6.41. The van der Waals surface area contributed by atoms with Gasteiger partial charge in [0.1, 0.15) is 12.1 Å². The van der Waals surface area contributed by atoms with Gasteiger partial charge in [0.15, 0.2) is 0 Å². The molecule has 2 aliphatic heterocycles. The van der Waals surface area contributed by atoms with Crippen LogP contribution < -0.4 is 5.32 Å². The summed E-state index contributed by atoms with van der Waals surface area (Å²) in [5.41, 5.74) is 2.51. The highest BCUT2D eigenvalue weighted by Gasteiger charge is 2.28. The standard InChI is InChI=1S/C14H17NO3/c16-14(18-12-5-6-17-9-12)13-7-10-3-1-2-4-11(10)8-15-13/h1-4,12-13,15H,5-9H2/t12?,13-/m1/s1. The number of fused-ring (bicyclic) bond motifs is 1. The maximum absolute atomic E-state index is 12.0. The lowest BCUT2D eigenvalue weighted by molar-refractivity contribution is -0.151. The highest BCUT2D eigenvalue weighted by Crippen LogP contribution is 2.18. The molecule has 0 spiro atoms. The predicted octanol–water partition coefficient (Wildman–Crippen LogP) is 1.03. The third kappa shape index (κ3) is 2.40. The molecule has 1 N–H and O–H groups in total. The molecule has 0 saturated carbocycles. The second-order valence-corrected chi connectivity index (χ2v) is 4.83. The summed E-state index contributed by atoms with van der Waals surface area (Å²) in [5, 5.41) is 3.23. The molecule has 0 radical (unpaired) electrons. The van der Waals surface area contributed by atoms with Crippen LogP contribution in [0.15, 0.2) is 24.3 Å². The van der Waals surface area contributed by atoms with Crippen molar-refractivity contribution in [3.05, 3.63) is 35.4 Å². The summed E-state index contributed by atoms with van der Waals surface area (Å²) in [5.74, 6) is -0.153. The molecule has 1 fully saturated rings. The Balaban J connectivity index is 1.62. The Hall–Kier alpha value is -1.39. The lowest BCUT2D eigenvalue weighted by atomic mass is 9.96. The lowest BCUT2D eigenvalue weighted by Gasteiger charge is -2.25. The number of hydrogen-bond donors (Lipinski definition) is 1. The van der Waals surface area contributed by atoms with E-state index in [-0.39, 0.29) is 18.1 Å². The molecule has 0 amide bonds. The van der Waals surface area contributed by atoms with E-state index in [4.69, 9.17) is 9.47 Å². The quantitative estimate of drug-likeness (QED) is 0.793. The van der Waals surface area contributed by atoms with Crippen molar-refractivity contribution in [1.29, 1.82) is 0 Å². The van der Waals surface area contributed by atoms with Gasteiger partial charge in [0.2, 0.25) is 0 Å². The van der Waals surface area contributed by atoms with Crippen LogP contribution in [0.3, 0.4) is 0 Å². The van der Waals surface area contributed by atoms with Gasteiger partial charge in [0.25, 0.3) is 0 Å². The summed E-state index contributed by atoms with van der Waals surface area (Å²) in [7, 11) is 0. The number of carbonyl (C=O) groups excluding carboxylic acids is 1. The van der Waals surface area contributed by atoms with Gasteiger partial charge in [-0.2, -0.15) is 0 Å². The van der Waals surface area contributed by atoms with Gasteiger partial charge < -0.3 is 14.8 Å². The molecule has 2 atom stereocenters. The van der Waals surface area contributed by atoms with E-state index in [1.54, 1.807) is 0 Å². The zero-order chi connectivity index (χ0) is 12.4. The summed E-state index contributed by atoms with van der Waals surface area (Å²) >= 11 is 0. The van der Waals surface area contributed by atoms with Crippen molar-refractivity contribution in [3.63, 3.8) is 0 Å². The largest absolute Gasteiger partial charge is 0.459 e. The van der Waals surface area contributed by atoms with Gasteiger partial charge in [-0.05, 0) is 17.5 Å². The minimum absolute atomic E-state index is 0.0588. The molecule has 2 heterocycles. The topological polar surface area (TPSA) is 47.6 Å². The Bertz CT molecular complexity index is 440. The van der Waals surface area contributed by atoms with Crippen molar-refractivity contribution < 1.29 is 14.3 Å². The van der Waals surface area contributed by atoms with Crippen molar-refractivity contribution >= 4 is 5.97 Å². The van der Waals surface area contributed by atoms with E-state index in [1.807, 2.05) is 12.1 Å². The molecule has 2 aliphatic rings. The fourth-order valence-electron chi connectivity index (χ4n) is 2.47. The van der Waals surface area contributed by atoms with Crippen LogP contribution in [0.4, 0.5) is 0 Å². The molecule has 4 nitrogen and oxygen atoms in total. The van der Waals surface area contributed by atoms with E-state index in [0.29, 0.717) is 19.6 Å². The maximum Gasteiger partial charge on any atom is 0.323 e. The Morgan fingerprint density at radius 1 is 1.33 bits per heavy atom. The molecular weight excluding hydrogens is 230 g/mol. The molecule has 1 aromatic carbocycles. The highest BCUT2D eigenvalue weighted by molar-refractivity contribution is 5.77. The summed E-state index contributed by atoms with van der Waals surface area (Å²) in [4.78, 5) is 12.0. The molecular formula is C14H17NO3. The predicted molar refractivity (Wildman–Crippen MR) is 66.1 cm³/mol. The SMILES string of the molecule is O=C(OC1CCOC1)[C@H]1Cc2ccccc2CN1. The first-order chi connectivity index (χ1) is 8.83. The average molecular weight is 247 g/mol. The zero-order valence-electron chi connectivity index (χ0n) is 10.2. The lowest BCUT2D eigenvalue weighted by Crippen LogP contribution is -2.44. The summed E-state index contributed by atoms with van der Waals surface area (Å²) < 4.78 is 10.6. The summed E-state index contributed by atoms with van der Waals surface area (Å²) in [6.45, 7) is 1.96. The van der Waals surface area contributed by atoms with Crippen LogP contribution in [0.5, 0.6) is 0 Å². The Morgan fingerprint density at radius 3 is 2.94 bits per heavy atom. The second kappa shape index (κ2) is 5.08. The van der Waals surface area contributed by atoms with Crippen LogP contribution in [-0.4, -0.2) is 31.3 Å². The third-order valence-corrected chi connectivity index (χ3v) is 3.54. The Morgan fingerprint density at radius 2 is 2.17 bits per heavy atom. The fraction of sp³-hybridized carbons (Fsp3) is 0.500. The second-order valence-electron chi connectivity index (χ2n) is 4.83. The van der Waals surface area contributed by atoms with Crippen LogP contribution in [0.25, 0.3) is 0 Å². The number of esters is 1. The first kappa shape index (κ1) is 11.7.